The van der Waals surface area contributed by atoms with Crippen LogP contribution in [0.5, 0.6) is 0 Å². The third-order valence-corrected chi connectivity index (χ3v) is 1.74. The monoisotopic (exact) mass is 262 g/mol. The summed E-state index contributed by atoms with van der Waals surface area (Å²) >= 11 is 0. The van der Waals surface area contributed by atoms with E-state index in [1.165, 1.54) is 12.1 Å². The molecule has 8 heteroatoms. The number of amides is 1. The van der Waals surface area contributed by atoms with Gasteiger partial charge < -0.3 is 15.8 Å². The van der Waals surface area contributed by atoms with Crippen molar-refractivity contribution < 1.29 is 27.5 Å². The Labute approximate surface area is 99.7 Å². The molecule has 1 rings (SSSR count). The molecule has 0 aliphatic heterocycles. The van der Waals surface area contributed by atoms with E-state index in [-0.39, 0.29) is 0 Å². The Morgan fingerprint density at radius 3 is 2.56 bits per heavy atom. The summed E-state index contributed by atoms with van der Waals surface area (Å²) < 4.78 is 39.0. The van der Waals surface area contributed by atoms with Gasteiger partial charge in [0.15, 0.2) is 6.61 Å². The summed E-state index contributed by atoms with van der Waals surface area (Å²) in [5.41, 5.74) is 6.10. The van der Waals surface area contributed by atoms with Crippen molar-refractivity contribution in [1.29, 1.82) is 0 Å². The van der Waals surface area contributed by atoms with Crippen molar-refractivity contribution in [1.82, 2.24) is 0 Å². The smallest absolute Gasteiger partial charge is 0.449 e. The van der Waals surface area contributed by atoms with Gasteiger partial charge in [0.1, 0.15) is 0 Å². The topological polar surface area (TPSA) is 81.4 Å². The van der Waals surface area contributed by atoms with Gasteiger partial charge in [0, 0.05) is 11.4 Å². The van der Waals surface area contributed by atoms with Crippen LogP contribution in [0.15, 0.2) is 24.3 Å². The molecule has 0 radical (unpaired) electrons. The van der Waals surface area contributed by atoms with E-state index in [4.69, 9.17) is 5.73 Å². The SMILES string of the molecule is Nc1cccc(NC(=O)COC(=O)C(F)(F)F)c1. The second kappa shape index (κ2) is 5.39. The number of nitrogens with one attached hydrogen (secondary N) is 1. The van der Waals surface area contributed by atoms with Crippen LogP contribution in [0.4, 0.5) is 24.5 Å². The lowest BCUT2D eigenvalue weighted by Crippen LogP contribution is -2.29. The number of hydrogen-bond acceptors (Lipinski definition) is 4. The third kappa shape index (κ3) is 4.32. The number of hydrogen-bond donors (Lipinski definition) is 2. The number of carbonyl (C=O) groups is 2. The van der Waals surface area contributed by atoms with E-state index in [9.17, 15) is 22.8 Å². The molecule has 1 aromatic carbocycles. The van der Waals surface area contributed by atoms with Gasteiger partial charge in [-0.15, -0.1) is 0 Å². The number of benzene rings is 1. The standard InChI is InChI=1S/C10H9F3N2O3/c11-10(12,13)9(17)18-5-8(16)15-7-3-1-2-6(14)4-7/h1-4H,5,14H2,(H,15,16). The second-order valence-electron chi connectivity index (χ2n) is 3.25. The van der Waals surface area contributed by atoms with E-state index < -0.39 is 24.7 Å². The Morgan fingerprint density at radius 2 is 2.00 bits per heavy atom. The zero-order chi connectivity index (χ0) is 13.8. The quantitative estimate of drug-likeness (QED) is 0.635. The highest BCUT2D eigenvalue weighted by molar-refractivity contribution is 5.93. The molecule has 98 valence electrons. The first-order valence-corrected chi connectivity index (χ1v) is 4.68. The fourth-order valence-electron chi connectivity index (χ4n) is 1.03. The van der Waals surface area contributed by atoms with Crippen LogP contribution >= 0.6 is 0 Å². The molecule has 5 nitrogen and oxygen atoms in total. The molecule has 0 aromatic heterocycles. The van der Waals surface area contributed by atoms with Crippen LogP contribution in [0.3, 0.4) is 0 Å². The third-order valence-electron chi connectivity index (χ3n) is 1.74. The number of esters is 1. The van der Waals surface area contributed by atoms with Gasteiger partial charge in [-0.05, 0) is 18.2 Å². The van der Waals surface area contributed by atoms with Crippen molar-refractivity contribution >= 4 is 23.3 Å². The van der Waals surface area contributed by atoms with Crippen molar-refractivity contribution in [3.63, 3.8) is 0 Å². The highest BCUT2D eigenvalue weighted by atomic mass is 19.4. The molecule has 0 saturated heterocycles. The van der Waals surface area contributed by atoms with Crippen LogP contribution in [-0.4, -0.2) is 24.7 Å². The minimum Gasteiger partial charge on any atom is -0.449 e. The van der Waals surface area contributed by atoms with E-state index >= 15 is 0 Å². The van der Waals surface area contributed by atoms with Crippen LogP contribution in [-0.2, 0) is 14.3 Å². The highest BCUT2D eigenvalue weighted by Gasteiger charge is 2.41. The fourth-order valence-corrected chi connectivity index (χ4v) is 1.03. The summed E-state index contributed by atoms with van der Waals surface area (Å²) in [5.74, 6) is -3.30. The van der Waals surface area contributed by atoms with Gasteiger partial charge in [-0.25, -0.2) is 4.79 Å². The maximum atomic E-state index is 11.8. The van der Waals surface area contributed by atoms with Crippen LogP contribution in [0.1, 0.15) is 0 Å². The molecule has 0 heterocycles. The van der Waals surface area contributed by atoms with Gasteiger partial charge in [0.2, 0.25) is 0 Å². The average Bonchev–Trinajstić information content (AvgIpc) is 2.24. The van der Waals surface area contributed by atoms with Gasteiger partial charge >= 0.3 is 12.1 Å². The van der Waals surface area contributed by atoms with E-state index in [2.05, 4.69) is 10.1 Å². The van der Waals surface area contributed by atoms with Crippen LogP contribution in [0, 0.1) is 0 Å². The van der Waals surface area contributed by atoms with E-state index in [1.807, 2.05) is 0 Å². The molecule has 0 aliphatic carbocycles. The summed E-state index contributed by atoms with van der Waals surface area (Å²) in [4.78, 5) is 21.5. The average molecular weight is 262 g/mol. The van der Waals surface area contributed by atoms with Crippen LogP contribution < -0.4 is 11.1 Å². The van der Waals surface area contributed by atoms with Crippen molar-refractivity contribution in [2.75, 3.05) is 17.7 Å². The first-order chi connectivity index (χ1) is 8.29. The summed E-state index contributed by atoms with van der Waals surface area (Å²) in [7, 11) is 0. The Balaban J connectivity index is 2.46. The lowest BCUT2D eigenvalue weighted by atomic mass is 10.3. The molecular weight excluding hydrogens is 253 g/mol. The number of nitrogen functional groups attached to an aromatic ring is 1. The molecule has 3 N–H and O–H groups in total. The largest absolute Gasteiger partial charge is 0.490 e. The van der Waals surface area contributed by atoms with E-state index in [1.54, 1.807) is 12.1 Å². The number of nitrogens with two attached hydrogens (primary N) is 1. The Hall–Kier alpha value is -2.25. The van der Waals surface area contributed by atoms with Gasteiger partial charge in [-0.2, -0.15) is 13.2 Å². The number of alkyl halides is 3. The predicted octanol–water partition coefficient (Wildman–Crippen LogP) is 1.31. The fraction of sp³-hybridized carbons (Fsp3) is 0.200. The first kappa shape index (κ1) is 13.8. The second-order valence-corrected chi connectivity index (χ2v) is 3.25. The molecule has 0 fully saturated rings. The molecule has 1 aromatic rings. The lowest BCUT2D eigenvalue weighted by Gasteiger charge is -2.08. The maximum absolute atomic E-state index is 11.8. The number of ether oxygens (including phenoxy) is 1. The lowest BCUT2D eigenvalue weighted by molar-refractivity contribution is -0.199. The van der Waals surface area contributed by atoms with Gasteiger partial charge in [0.05, 0.1) is 0 Å². The van der Waals surface area contributed by atoms with Crippen molar-refractivity contribution in [3.05, 3.63) is 24.3 Å². The molecule has 0 unspecified atom stereocenters. The highest BCUT2D eigenvalue weighted by Crippen LogP contribution is 2.16. The summed E-state index contributed by atoms with van der Waals surface area (Å²) in [6.07, 6.45) is -5.11. The number of halogens is 3. The molecule has 0 aliphatic rings. The molecule has 1 amide bonds. The van der Waals surface area contributed by atoms with Crippen LogP contribution in [0.2, 0.25) is 0 Å². The zero-order valence-corrected chi connectivity index (χ0v) is 8.95. The van der Waals surface area contributed by atoms with Crippen LogP contribution in [0.25, 0.3) is 0 Å². The van der Waals surface area contributed by atoms with Gasteiger partial charge in [0.25, 0.3) is 5.91 Å². The Bertz CT molecular complexity index is 460. The number of rotatable bonds is 3. The zero-order valence-electron chi connectivity index (χ0n) is 8.95. The first-order valence-electron chi connectivity index (χ1n) is 4.68. The van der Waals surface area contributed by atoms with E-state index in [0.29, 0.717) is 11.4 Å². The molecule has 0 spiro atoms. The molecule has 0 bridgehead atoms. The maximum Gasteiger partial charge on any atom is 0.490 e. The van der Waals surface area contributed by atoms with E-state index in [0.717, 1.165) is 0 Å². The Kier molecular flexibility index (Phi) is 4.13. The number of carbonyl (C=O) groups excluding carboxylic acids is 2. The molecule has 0 saturated carbocycles. The number of anilines is 2. The van der Waals surface area contributed by atoms with Gasteiger partial charge in [-0.1, -0.05) is 6.07 Å². The van der Waals surface area contributed by atoms with Gasteiger partial charge in [-0.3, -0.25) is 4.79 Å². The minimum absolute atomic E-state index is 0.294. The minimum atomic E-state index is -5.11. The summed E-state index contributed by atoms with van der Waals surface area (Å²) in [6.45, 7) is -1.02. The predicted molar refractivity (Wildman–Crippen MR) is 56.5 cm³/mol. The summed E-state index contributed by atoms with van der Waals surface area (Å²) in [5, 5.41) is 2.23. The van der Waals surface area contributed by atoms with Crippen molar-refractivity contribution in [3.8, 4) is 0 Å². The van der Waals surface area contributed by atoms with Crippen molar-refractivity contribution in [2.24, 2.45) is 0 Å². The molecule has 0 atom stereocenters. The Morgan fingerprint density at radius 1 is 1.33 bits per heavy atom. The van der Waals surface area contributed by atoms with Crippen molar-refractivity contribution in [2.45, 2.75) is 6.18 Å². The normalized spacial score (nSPS) is 10.8. The molecule has 18 heavy (non-hydrogen) atoms. The molecular formula is C10H9F3N2O3. The summed E-state index contributed by atoms with van der Waals surface area (Å²) in [6, 6.07) is 6.01.